The Morgan fingerprint density at radius 2 is 1.18 bits per heavy atom. The largest absolute Gasteiger partial charge is 0.418 e. The van der Waals surface area contributed by atoms with E-state index in [9.17, 15) is 46.5 Å². The third kappa shape index (κ3) is 3.03. The van der Waals surface area contributed by atoms with Crippen molar-refractivity contribution in [3.8, 4) is 12.1 Å². The van der Waals surface area contributed by atoms with Crippen molar-refractivity contribution in [3.05, 3.63) is 79.6 Å². The third-order valence-electron chi connectivity index (χ3n) is 7.61. The SMILES string of the molecule is N#Cc1nc2nc3c4ccc5c(=O)n6c7cc(C(F)(F)F)cc(C(F)(F)F)c7nc6c6ccc(c(=O)n3c2nc1C#N)c4c56. The highest BCUT2D eigenvalue weighted by Gasteiger charge is 2.40. The van der Waals surface area contributed by atoms with Gasteiger partial charge in [-0.05, 0) is 36.4 Å². The number of alkyl halides is 6. The summed E-state index contributed by atoms with van der Waals surface area (Å²) >= 11 is 0. The Bertz CT molecular complexity index is 2820. The normalized spacial score (nSPS) is 12.9. The fraction of sp³-hybridized carbons (Fsp3) is 0.0714. The predicted octanol–water partition coefficient (Wildman–Crippen LogP) is 4.91. The van der Waals surface area contributed by atoms with Crippen LogP contribution in [0.4, 0.5) is 26.3 Å². The zero-order valence-electron chi connectivity index (χ0n) is 21.1. The number of aromatic nitrogens is 6. The molecule has 44 heavy (non-hydrogen) atoms. The molecule has 3 aromatic carbocycles. The van der Waals surface area contributed by atoms with Crippen LogP contribution in [0.2, 0.25) is 0 Å². The van der Waals surface area contributed by atoms with Crippen molar-refractivity contribution >= 4 is 65.9 Å². The standard InChI is InChI=1S/C28H6F6N8O2/c29-27(30,31)9-5-14(28(32,33)34)20-17(6-9)41-22(39-20)10-1-4-13-19-11(2-3-12(18(10)19)25(41)43)23-40-21-24(42(23)26(13)44)38-16(8-36)15(7-35)37-21/h1-6H. The van der Waals surface area contributed by atoms with Gasteiger partial charge in [-0.15, -0.1) is 0 Å². The number of rotatable bonds is 0. The van der Waals surface area contributed by atoms with E-state index < -0.39 is 45.6 Å². The molecule has 0 aliphatic heterocycles. The first kappa shape index (κ1) is 25.5. The molecule has 0 saturated heterocycles. The van der Waals surface area contributed by atoms with Crippen LogP contribution in [-0.2, 0) is 12.4 Å². The second kappa shape index (κ2) is 7.81. The van der Waals surface area contributed by atoms with Gasteiger partial charge in [0.1, 0.15) is 23.3 Å². The molecule has 5 heterocycles. The van der Waals surface area contributed by atoms with Crippen molar-refractivity contribution in [1.29, 1.82) is 10.5 Å². The van der Waals surface area contributed by atoms with Crippen molar-refractivity contribution in [2.45, 2.75) is 12.4 Å². The maximum absolute atomic E-state index is 14.0. The molecule has 0 fully saturated rings. The molecule has 0 radical (unpaired) electrons. The van der Waals surface area contributed by atoms with Crippen molar-refractivity contribution < 1.29 is 26.3 Å². The third-order valence-corrected chi connectivity index (χ3v) is 7.61. The smallest absolute Gasteiger partial charge is 0.268 e. The molecule has 8 rings (SSSR count). The Kier molecular flexibility index (Phi) is 4.53. The summed E-state index contributed by atoms with van der Waals surface area (Å²) in [5, 5.41) is 19.4. The van der Waals surface area contributed by atoms with Crippen molar-refractivity contribution in [2.75, 3.05) is 0 Å². The number of hydrogen-bond donors (Lipinski definition) is 0. The van der Waals surface area contributed by atoms with Gasteiger partial charge in [-0.1, -0.05) is 0 Å². The summed E-state index contributed by atoms with van der Waals surface area (Å²) in [4.78, 5) is 44.1. The lowest BCUT2D eigenvalue weighted by atomic mass is 9.96. The van der Waals surface area contributed by atoms with Crippen molar-refractivity contribution in [3.63, 3.8) is 0 Å². The van der Waals surface area contributed by atoms with Crippen LogP contribution in [0.15, 0.2) is 46.0 Å². The number of imidazole rings is 2. The summed E-state index contributed by atoms with van der Waals surface area (Å²) in [6.07, 6.45) is -10.4. The minimum Gasteiger partial charge on any atom is -0.268 e. The van der Waals surface area contributed by atoms with E-state index in [1.165, 1.54) is 24.3 Å². The number of hydrogen-bond acceptors (Lipinski definition) is 8. The van der Waals surface area contributed by atoms with Crippen LogP contribution >= 0.6 is 0 Å². The Labute approximate surface area is 235 Å². The highest BCUT2D eigenvalue weighted by molar-refractivity contribution is 6.27. The van der Waals surface area contributed by atoms with Crippen LogP contribution in [0, 0.1) is 22.7 Å². The average Bonchev–Trinajstić information content (AvgIpc) is 3.55. The van der Waals surface area contributed by atoms with Crippen LogP contribution in [0.3, 0.4) is 0 Å². The lowest BCUT2D eigenvalue weighted by Crippen LogP contribution is -2.17. The highest BCUT2D eigenvalue weighted by Crippen LogP contribution is 2.42. The molecule has 0 saturated carbocycles. The van der Waals surface area contributed by atoms with Gasteiger partial charge in [0.15, 0.2) is 28.3 Å². The Morgan fingerprint density at radius 1 is 0.636 bits per heavy atom. The molecule has 0 amide bonds. The van der Waals surface area contributed by atoms with E-state index >= 15 is 0 Å². The summed E-state index contributed by atoms with van der Waals surface area (Å²) in [6.45, 7) is 0. The fourth-order valence-electron chi connectivity index (χ4n) is 5.83. The van der Waals surface area contributed by atoms with E-state index in [0.717, 1.165) is 4.40 Å². The number of benzene rings is 3. The van der Waals surface area contributed by atoms with E-state index in [0.29, 0.717) is 15.9 Å². The highest BCUT2D eigenvalue weighted by atomic mass is 19.4. The number of halogens is 6. The lowest BCUT2D eigenvalue weighted by Gasteiger charge is -2.13. The fourth-order valence-corrected chi connectivity index (χ4v) is 5.83. The molecule has 10 nitrogen and oxygen atoms in total. The number of pyridine rings is 2. The molecule has 0 aliphatic carbocycles. The first-order valence-corrected chi connectivity index (χ1v) is 12.3. The molecule has 5 aromatic heterocycles. The Morgan fingerprint density at radius 3 is 1.75 bits per heavy atom. The molecule has 0 atom stereocenters. The van der Waals surface area contributed by atoms with E-state index in [4.69, 9.17) is 0 Å². The minimum absolute atomic E-state index is 0.0147. The molecule has 0 aliphatic rings. The summed E-state index contributed by atoms with van der Waals surface area (Å²) in [6, 6.07) is 9.31. The predicted molar refractivity (Wildman–Crippen MR) is 141 cm³/mol. The summed E-state index contributed by atoms with van der Waals surface area (Å²) in [5.41, 5.74) is -7.58. The molecular formula is C28H6F6N8O2. The molecule has 8 aromatic rings. The maximum atomic E-state index is 14.0. The Balaban J connectivity index is 1.59. The molecule has 0 N–H and O–H groups in total. The van der Waals surface area contributed by atoms with Gasteiger partial charge in [-0.3, -0.25) is 14.0 Å². The van der Waals surface area contributed by atoms with Gasteiger partial charge in [0.2, 0.25) is 0 Å². The van der Waals surface area contributed by atoms with Crippen LogP contribution in [0.1, 0.15) is 22.5 Å². The van der Waals surface area contributed by atoms with Crippen molar-refractivity contribution in [2.24, 2.45) is 0 Å². The lowest BCUT2D eigenvalue weighted by molar-refractivity contribution is -0.142. The zero-order valence-corrected chi connectivity index (χ0v) is 21.1. The van der Waals surface area contributed by atoms with Crippen LogP contribution in [0.5, 0.6) is 0 Å². The van der Waals surface area contributed by atoms with Gasteiger partial charge in [0.25, 0.3) is 11.1 Å². The van der Waals surface area contributed by atoms with Gasteiger partial charge in [0.05, 0.1) is 16.6 Å². The topological polar surface area (TPSA) is 142 Å². The van der Waals surface area contributed by atoms with Gasteiger partial charge >= 0.3 is 12.4 Å². The number of nitrogens with zero attached hydrogens (tertiary/aromatic N) is 8. The molecule has 0 bridgehead atoms. The summed E-state index contributed by atoms with van der Waals surface area (Å²) < 4.78 is 84.6. The van der Waals surface area contributed by atoms with Gasteiger partial charge < -0.3 is 0 Å². The minimum atomic E-state index is -5.22. The molecule has 0 unspecified atom stereocenters. The first-order valence-electron chi connectivity index (χ1n) is 12.3. The molecule has 212 valence electrons. The number of nitriles is 2. The molecule has 16 heteroatoms. The van der Waals surface area contributed by atoms with Crippen molar-refractivity contribution in [1.82, 2.24) is 28.7 Å². The van der Waals surface area contributed by atoms with Gasteiger partial charge in [0, 0.05) is 32.3 Å². The number of fused-ring (bicyclic) bond motifs is 8. The van der Waals surface area contributed by atoms with E-state index in [2.05, 4.69) is 19.9 Å². The maximum Gasteiger partial charge on any atom is 0.418 e. The quantitative estimate of drug-likeness (QED) is 0.177. The van der Waals surface area contributed by atoms with E-state index in [-0.39, 0.29) is 67.0 Å². The zero-order chi connectivity index (χ0) is 31.0. The second-order valence-corrected chi connectivity index (χ2v) is 9.90. The van der Waals surface area contributed by atoms with E-state index in [1.807, 2.05) is 0 Å². The average molecular weight is 600 g/mol. The summed E-state index contributed by atoms with van der Waals surface area (Å²) in [7, 11) is 0. The Hall–Kier alpha value is -6.16. The van der Waals surface area contributed by atoms with Crippen LogP contribution < -0.4 is 11.1 Å². The van der Waals surface area contributed by atoms with Crippen LogP contribution in [0.25, 0.3) is 65.9 Å². The van der Waals surface area contributed by atoms with Crippen LogP contribution in [-0.4, -0.2) is 28.7 Å². The second-order valence-electron chi connectivity index (χ2n) is 9.90. The van der Waals surface area contributed by atoms with Gasteiger partial charge in [-0.2, -0.15) is 36.9 Å². The monoisotopic (exact) mass is 600 g/mol. The van der Waals surface area contributed by atoms with Gasteiger partial charge in [-0.25, -0.2) is 24.3 Å². The van der Waals surface area contributed by atoms with E-state index in [1.54, 1.807) is 12.1 Å². The summed E-state index contributed by atoms with van der Waals surface area (Å²) in [5.74, 6) is 0. The first-order chi connectivity index (χ1) is 20.8. The molecular weight excluding hydrogens is 594 g/mol. The molecule has 0 spiro atoms.